The Bertz CT molecular complexity index is 1160. The predicted octanol–water partition coefficient (Wildman–Crippen LogP) is 5.66. The molecule has 0 saturated heterocycles. The number of nitrogens with one attached hydrogen (secondary N) is 1. The largest absolute Gasteiger partial charge is 0.471 e. The second-order valence-corrected chi connectivity index (χ2v) is 8.91. The Labute approximate surface area is 194 Å². The van der Waals surface area contributed by atoms with Crippen LogP contribution in [0.4, 0.5) is 0 Å². The number of fused-ring (bicyclic) bond motifs is 1. The molecule has 3 aromatic rings. The van der Waals surface area contributed by atoms with Gasteiger partial charge in [0.15, 0.2) is 0 Å². The summed E-state index contributed by atoms with van der Waals surface area (Å²) in [6.07, 6.45) is 2.16. The molecular formula is C26H31N3O4. The van der Waals surface area contributed by atoms with Crippen LogP contribution in [0.15, 0.2) is 64.6 Å². The average molecular weight is 450 g/mol. The molecule has 0 spiro atoms. The van der Waals surface area contributed by atoms with Gasteiger partial charge in [0.25, 0.3) is 0 Å². The minimum Gasteiger partial charge on any atom is -0.471 e. The van der Waals surface area contributed by atoms with Gasteiger partial charge in [0, 0.05) is 18.2 Å². The van der Waals surface area contributed by atoms with E-state index in [0.717, 1.165) is 22.0 Å². The van der Waals surface area contributed by atoms with Gasteiger partial charge < -0.3 is 19.3 Å². The van der Waals surface area contributed by atoms with E-state index in [4.69, 9.17) is 19.0 Å². The smallest absolute Gasteiger partial charge is 0.223 e. The van der Waals surface area contributed by atoms with Crippen molar-refractivity contribution in [3.8, 4) is 5.88 Å². The van der Waals surface area contributed by atoms with Crippen LogP contribution < -0.4 is 10.1 Å². The normalized spacial score (nSPS) is 12.0. The molecule has 0 aliphatic rings. The lowest BCUT2D eigenvalue weighted by Crippen LogP contribution is -2.25. The van der Waals surface area contributed by atoms with Crippen molar-refractivity contribution in [3.05, 3.63) is 71.9 Å². The number of furan rings is 1. The third kappa shape index (κ3) is 7.20. The van der Waals surface area contributed by atoms with Gasteiger partial charge in [-0.25, -0.2) is 4.98 Å². The molecule has 1 amide bonds. The van der Waals surface area contributed by atoms with E-state index in [0.29, 0.717) is 36.1 Å². The third-order valence-electron chi connectivity index (χ3n) is 4.71. The van der Waals surface area contributed by atoms with Crippen LogP contribution in [-0.2, 0) is 16.2 Å². The average Bonchev–Trinajstić information content (AvgIpc) is 3.26. The van der Waals surface area contributed by atoms with Gasteiger partial charge in [-0.1, -0.05) is 23.9 Å². The summed E-state index contributed by atoms with van der Waals surface area (Å²) >= 11 is 0. The highest BCUT2D eigenvalue weighted by atomic mass is 16.6. The topological polar surface area (TPSA) is 86.0 Å². The zero-order valence-corrected chi connectivity index (χ0v) is 19.9. The molecule has 0 bridgehead atoms. The van der Waals surface area contributed by atoms with Crippen LogP contribution in [0.1, 0.15) is 57.4 Å². The molecule has 0 aliphatic heterocycles. The maximum Gasteiger partial charge on any atom is 0.223 e. The van der Waals surface area contributed by atoms with Crippen molar-refractivity contribution in [1.82, 2.24) is 10.3 Å². The zero-order chi connectivity index (χ0) is 24.0. The van der Waals surface area contributed by atoms with Gasteiger partial charge in [-0.15, -0.1) is 0 Å². The zero-order valence-electron chi connectivity index (χ0n) is 19.9. The molecular weight excluding hydrogens is 418 g/mol. The lowest BCUT2D eigenvalue weighted by Gasteiger charge is -2.22. The number of allylic oxidation sites excluding steroid dienone is 1. The molecule has 1 aromatic carbocycles. The number of nitrogens with zero attached hydrogens (tertiary/aromatic N) is 2. The number of oxime groups is 1. The molecule has 0 aliphatic carbocycles. The molecule has 1 N–H and O–H groups in total. The van der Waals surface area contributed by atoms with Crippen LogP contribution in [0, 0.1) is 6.92 Å². The van der Waals surface area contributed by atoms with E-state index < -0.39 is 5.60 Å². The van der Waals surface area contributed by atoms with Crippen molar-refractivity contribution in [3.63, 3.8) is 0 Å². The van der Waals surface area contributed by atoms with Gasteiger partial charge in [0.1, 0.15) is 17.1 Å². The number of rotatable bonds is 9. The maximum absolute atomic E-state index is 12.0. The van der Waals surface area contributed by atoms with Crippen molar-refractivity contribution in [2.24, 2.45) is 5.16 Å². The molecule has 2 heterocycles. The first-order valence-electron chi connectivity index (χ1n) is 10.9. The molecule has 0 radical (unpaired) electrons. The molecule has 0 saturated carbocycles. The highest BCUT2D eigenvalue weighted by Gasteiger charge is 2.19. The number of benzene rings is 1. The van der Waals surface area contributed by atoms with E-state index in [1.807, 2.05) is 58.9 Å². The highest BCUT2D eigenvalue weighted by molar-refractivity contribution is 6.03. The molecule has 0 unspecified atom stereocenters. The van der Waals surface area contributed by atoms with Crippen molar-refractivity contribution in [1.29, 1.82) is 0 Å². The van der Waals surface area contributed by atoms with Crippen LogP contribution in [0.3, 0.4) is 0 Å². The number of carbonyl (C=O) groups excluding carboxylic acids is 1. The number of hydrogen-bond acceptors (Lipinski definition) is 6. The molecule has 7 nitrogen and oxygen atoms in total. The first kappa shape index (κ1) is 24.0. The number of aromatic nitrogens is 1. The summed E-state index contributed by atoms with van der Waals surface area (Å²) in [6, 6.07) is 11.7. The fourth-order valence-electron chi connectivity index (χ4n) is 3.05. The van der Waals surface area contributed by atoms with Gasteiger partial charge in [-0.2, -0.15) is 0 Å². The summed E-state index contributed by atoms with van der Waals surface area (Å²) in [5.74, 6) is 1.47. The lowest BCUT2D eigenvalue weighted by atomic mass is 10.1. The van der Waals surface area contributed by atoms with E-state index in [2.05, 4.69) is 17.1 Å². The molecule has 174 valence electrons. The van der Waals surface area contributed by atoms with Gasteiger partial charge >= 0.3 is 0 Å². The standard InChI is InChI=1S/C26H31N3O4/c1-17-9-11-20-15-22(25(28-23(20)14-17)32-26(4,5)6)19(3)29-33-18(2)10-12-24(30)27-16-21-8-7-13-31-21/h7-9,11,13-15H,2,10,12,16H2,1,3-6H3,(H,27,30)/b29-19+. The summed E-state index contributed by atoms with van der Waals surface area (Å²) in [5.41, 5.74) is 2.91. The van der Waals surface area contributed by atoms with E-state index in [9.17, 15) is 4.79 Å². The minimum absolute atomic E-state index is 0.119. The Hall–Kier alpha value is -3.61. The summed E-state index contributed by atoms with van der Waals surface area (Å²) < 4.78 is 11.3. The van der Waals surface area contributed by atoms with Crippen LogP contribution in [-0.4, -0.2) is 22.2 Å². The Morgan fingerprint density at radius 3 is 2.70 bits per heavy atom. The monoisotopic (exact) mass is 449 g/mol. The number of aryl methyl sites for hydroxylation is 1. The summed E-state index contributed by atoms with van der Waals surface area (Å²) in [6.45, 7) is 14.0. The summed E-state index contributed by atoms with van der Waals surface area (Å²) in [4.78, 5) is 22.2. The molecule has 0 atom stereocenters. The molecule has 2 aromatic heterocycles. The van der Waals surface area contributed by atoms with Gasteiger partial charge in [0.05, 0.1) is 29.6 Å². The number of carbonyl (C=O) groups is 1. The Morgan fingerprint density at radius 1 is 1.21 bits per heavy atom. The van der Waals surface area contributed by atoms with Crippen LogP contribution >= 0.6 is 0 Å². The fraction of sp³-hybridized carbons (Fsp3) is 0.346. The number of amides is 1. The first-order chi connectivity index (χ1) is 15.6. The highest BCUT2D eigenvalue weighted by Crippen LogP contribution is 2.27. The SMILES string of the molecule is C=C(CCC(=O)NCc1ccco1)O/N=C(\C)c1cc2ccc(C)cc2nc1OC(C)(C)C. The molecule has 0 fully saturated rings. The molecule has 33 heavy (non-hydrogen) atoms. The number of hydrogen-bond donors (Lipinski definition) is 1. The van der Waals surface area contributed by atoms with Crippen LogP contribution in [0.5, 0.6) is 5.88 Å². The Morgan fingerprint density at radius 2 is 2.00 bits per heavy atom. The van der Waals surface area contributed by atoms with Crippen LogP contribution in [0.2, 0.25) is 0 Å². The minimum atomic E-state index is -0.424. The van der Waals surface area contributed by atoms with Gasteiger partial charge in [-0.05, 0) is 64.4 Å². The van der Waals surface area contributed by atoms with Crippen molar-refractivity contribution in [2.75, 3.05) is 0 Å². The van der Waals surface area contributed by atoms with E-state index in [1.54, 1.807) is 18.4 Å². The van der Waals surface area contributed by atoms with E-state index in [-0.39, 0.29) is 12.3 Å². The van der Waals surface area contributed by atoms with Crippen LogP contribution in [0.25, 0.3) is 10.9 Å². The van der Waals surface area contributed by atoms with E-state index in [1.165, 1.54) is 0 Å². The Balaban J connectivity index is 1.66. The van der Waals surface area contributed by atoms with Gasteiger partial charge in [-0.3, -0.25) is 4.79 Å². The predicted molar refractivity (Wildman–Crippen MR) is 129 cm³/mol. The summed E-state index contributed by atoms with van der Waals surface area (Å²) in [5, 5.41) is 8.00. The second kappa shape index (κ2) is 10.3. The van der Waals surface area contributed by atoms with E-state index >= 15 is 0 Å². The first-order valence-corrected chi connectivity index (χ1v) is 10.9. The second-order valence-electron chi connectivity index (χ2n) is 8.91. The van der Waals surface area contributed by atoms with Crippen molar-refractivity contribution < 1.29 is 18.8 Å². The number of pyridine rings is 1. The van der Waals surface area contributed by atoms with Crippen molar-refractivity contribution >= 4 is 22.5 Å². The quantitative estimate of drug-likeness (QED) is 0.259. The number of ether oxygens (including phenoxy) is 1. The van der Waals surface area contributed by atoms with Gasteiger partial charge in [0.2, 0.25) is 11.8 Å². The lowest BCUT2D eigenvalue weighted by molar-refractivity contribution is -0.121. The molecule has 3 rings (SSSR count). The summed E-state index contributed by atoms with van der Waals surface area (Å²) in [7, 11) is 0. The Kier molecular flexibility index (Phi) is 7.53. The third-order valence-corrected chi connectivity index (χ3v) is 4.71. The van der Waals surface area contributed by atoms with Crippen molar-refractivity contribution in [2.45, 2.75) is 59.6 Å². The fourth-order valence-corrected chi connectivity index (χ4v) is 3.05. The maximum atomic E-state index is 12.0. The molecule has 7 heteroatoms.